The molecule has 0 saturated carbocycles. The Labute approximate surface area is 151 Å². The molecule has 0 radical (unpaired) electrons. The van der Waals surface area contributed by atoms with E-state index in [4.69, 9.17) is 15.6 Å². The molecule has 9 heteroatoms. The van der Waals surface area contributed by atoms with Crippen LogP contribution in [-0.2, 0) is 26.1 Å². The highest BCUT2D eigenvalue weighted by Gasteiger charge is 2.21. The lowest BCUT2D eigenvalue weighted by Gasteiger charge is -2.12. The molecule has 2 aromatic rings. The minimum absolute atomic E-state index is 0.0342. The lowest BCUT2D eigenvalue weighted by molar-refractivity contribution is -0.125. The normalized spacial score (nSPS) is 12.6. The Bertz CT molecular complexity index is 946. The van der Waals surface area contributed by atoms with Crippen LogP contribution in [0.3, 0.4) is 0 Å². The first kappa shape index (κ1) is 19.7. The minimum Gasteiger partial charge on any atom is -0.449 e. The van der Waals surface area contributed by atoms with Crippen molar-refractivity contribution in [3.8, 4) is 0 Å². The van der Waals surface area contributed by atoms with Crippen LogP contribution in [0.15, 0.2) is 35.2 Å². The Morgan fingerprint density at radius 1 is 1.19 bits per heavy atom. The summed E-state index contributed by atoms with van der Waals surface area (Å²) in [7, 11) is -3.74. The molecule has 2 rings (SSSR count). The molecule has 140 valence electrons. The summed E-state index contributed by atoms with van der Waals surface area (Å²) in [5.41, 5.74) is 7.77. The van der Waals surface area contributed by atoms with Crippen molar-refractivity contribution in [2.24, 2.45) is 10.9 Å². The number of primary sulfonamides is 1. The van der Waals surface area contributed by atoms with Crippen LogP contribution < -0.4 is 10.9 Å². The van der Waals surface area contributed by atoms with Gasteiger partial charge in [-0.2, -0.15) is 0 Å². The summed E-state index contributed by atoms with van der Waals surface area (Å²) in [5.74, 6) is -1.35. The second-order valence-electron chi connectivity index (χ2n) is 6.01. The average Bonchev–Trinajstić information content (AvgIpc) is 2.82. The fraction of sp³-hybridized carbons (Fsp3) is 0.294. The molecule has 1 aromatic carbocycles. The summed E-state index contributed by atoms with van der Waals surface area (Å²) in [6, 6.07) is 7.85. The smallest absolute Gasteiger partial charge is 0.340 e. The van der Waals surface area contributed by atoms with Gasteiger partial charge in [0.25, 0.3) is 5.91 Å². The van der Waals surface area contributed by atoms with E-state index >= 15 is 0 Å². The monoisotopic (exact) mass is 379 g/mol. The number of hydrogen-bond donors (Lipinski definition) is 2. The van der Waals surface area contributed by atoms with Gasteiger partial charge in [0.05, 0.1) is 10.5 Å². The maximum atomic E-state index is 12.2. The molecule has 1 atom stereocenters. The zero-order valence-corrected chi connectivity index (χ0v) is 15.5. The molecule has 0 bridgehead atoms. The zero-order chi connectivity index (χ0) is 19.6. The molecule has 0 aliphatic carbocycles. The van der Waals surface area contributed by atoms with Crippen molar-refractivity contribution in [1.29, 1.82) is 0 Å². The zero-order valence-electron chi connectivity index (χ0n) is 14.7. The van der Waals surface area contributed by atoms with Gasteiger partial charge in [0.15, 0.2) is 6.10 Å². The summed E-state index contributed by atoms with van der Waals surface area (Å²) < 4.78 is 29.6. The first-order valence-electron chi connectivity index (χ1n) is 7.79. The molecule has 8 nitrogen and oxygen atoms in total. The van der Waals surface area contributed by atoms with Crippen molar-refractivity contribution in [3.05, 3.63) is 52.8 Å². The molecule has 1 aromatic heterocycles. The van der Waals surface area contributed by atoms with E-state index in [1.165, 1.54) is 19.1 Å². The van der Waals surface area contributed by atoms with E-state index in [0.29, 0.717) is 17.8 Å². The standard InChI is InChI=1S/C17H21N3O5S/c1-10-8-15(17(22)25-12(3)16(18)21)11(2)20(10)9-13-4-6-14(7-5-13)26(19,23)24/h4-8,12H,9H2,1-3H3,(H2,18,21)(H2,19,23,24). The summed E-state index contributed by atoms with van der Waals surface area (Å²) in [6.07, 6.45) is -1.02. The Morgan fingerprint density at radius 2 is 1.77 bits per heavy atom. The van der Waals surface area contributed by atoms with Crippen LogP contribution in [0, 0.1) is 13.8 Å². The number of carbonyl (C=O) groups excluding carboxylic acids is 2. The Morgan fingerprint density at radius 3 is 2.27 bits per heavy atom. The molecule has 0 spiro atoms. The van der Waals surface area contributed by atoms with E-state index in [-0.39, 0.29) is 4.90 Å². The number of aromatic nitrogens is 1. The van der Waals surface area contributed by atoms with Gasteiger partial charge in [0.1, 0.15) is 0 Å². The Kier molecular flexibility index (Phi) is 5.53. The van der Waals surface area contributed by atoms with Crippen LogP contribution in [0.1, 0.15) is 34.2 Å². The van der Waals surface area contributed by atoms with Gasteiger partial charge in [-0.05, 0) is 44.5 Å². The van der Waals surface area contributed by atoms with Gasteiger partial charge in [0, 0.05) is 17.9 Å². The first-order valence-corrected chi connectivity index (χ1v) is 9.34. The molecule has 0 aliphatic rings. The Hall–Kier alpha value is -2.65. The third-order valence-electron chi connectivity index (χ3n) is 4.07. The number of aryl methyl sites for hydroxylation is 1. The van der Waals surface area contributed by atoms with Crippen LogP contribution in [0.25, 0.3) is 0 Å². The molecule has 4 N–H and O–H groups in total. The lowest BCUT2D eigenvalue weighted by atomic mass is 10.2. The van der Waals surface area contributed by atoms with Gasteiger partial charge in [-0.15, -0.1) is 0 Å². The van der Waals surface area contributed by atoms with Crippen LogP contribution >= 0.6 is 0 Å². The van der Waals surface area contributed by atoms with Crippen molar-refractivity contribution >= 4 is 21.9 Å². The molecule has 1 heterocycles. The van der Waals surface area contributed by atoms with E-state index < -0.39 is 28.0 Å². The number of nitrogens with two attached hydrogens (primary N) is 2. The average molecular weight is 379 g/mol. The van der Waals surface area contributed by atoms with E-state index in [1.807, 2.05) is 11.5 Å². The van der Waals surface area contributed by atoms with E-state index in [0.717, 1.165) is 11.3 Å². The van der Waals surface area contributed by atoms with Crippen molar-refractivity contribution in [2.75, 3.05) is 0 Å². The summed E-state index contributed by atoms with van der Waals surface area (Å²) >= 11 is 0. The SMILES string of the molecule is Cc1cc(C(=O)OC(C)C(N)=O)c(C)n1Cc1ccc(S(N)(=O)=O)cc1. The van der Waals surface area contributed by atoms with Crippen molar-refractivity contribution in [2.45, 2.75) is 38.3 Å². The highest BCUT2D eigenvalue weighted by Crippen LogP contribution is 2.19. The molecule has 0 fully saturated rings. The van der Waals surface area contributed by atoms with Crippen LogP contribution in [0.2, 0.25) is 0 Å². The first-order chi connectivity index (χ1) is 12.0. The van der Waals surface area contributed by atoms with E-state index in [9.17, 15) is 18.0 Å². The maximum absolute atomic E-state index is 12.2. The van der Waals surface area contributed by atoms with Crippen LogP contribution in [0.4, 0.5) is 0 Å². The number of carbonyl (C=O) groups is 2. The number of hydrogen-bond acceptors (Lipinski definition) is 5. The largest absolute Gasteiger partial charge is 0.449 e. The summed E-state index contributed by atoms with van der Waals surface area (Å²) in [5, 5.41) is 5.09. The molecule has 1 amide bonds. The summed E-state index contributed by atoms with van der Waals surface area (Å²) in [4.78, 5) is 23.3. The predicted molar refractivity (Wildman–Crippen MR) is 94.9 cm³/mol. The topological polar surface area (TPSA) is 134 Å². The molecular weight excluding hydrogens is 358 g/mol. The second kappa shape index (κ2) is 7.30. The number of primary amides is 1. The third kappa shape index (κ3) is 4.30. The van der Waals surface area contributed by atoms with Gasteiger partial charge >= 0.3 is 5.97 Å². The number of ether oxygens (including phenoxy) is 1. The number of sulfonamides is 1. The van der Waals surface area contributed by atoms with Gasteiger partial charge in [0.2, 0.25) is 10.0 Å². The minimum atomic E-state index is -3.74. The Balaban J connectivity index is 2.25. The quantitative estimate of drug-likeness (QED) is 0.717. The second-order valence-corrected chi connectivity index (χ2v) is 7.57. The molecular formula is C17H21N3O5S. The van der Waals surface area contributed by atoms with E-state index in [2.05, 4.69) is 0 Å². The van der Waals surface area contributed by atoms with Gasteiger partial charge < -0.3 is 15.0 Å². The van der Waals surface area contributed by atoms with Gasteiger partial charge in [-0.1, -0.05) is 12.1 Å². The number of rotatable bonds is 6. The number of amides is 1. The summed E-state index contributed by atoms with van der Waals surface area (Å²) in [6.45, 7) is 5.44. The third-order valence-corrected chi connectivity index (χ3v) is 5.00. The van der Waals surface area contributed by atoms with Gasteiger partial charge in [-0.3, -0.25) is 4.79 Å². The number of benzene rings is 1. The highest BCUT2D eigenvalue weighted by atomic mass is 32.2. The van der Waals surface area contributed by atoms with E-state index in [1.54, 1.807) is 25.1 Å². The molecule has 26 heavy (non-hydrogen) atoms. The highest BCUT2D eigenvalue weighted by molar-refractivity contribution is 7.89. The molecule has 0 aliphatic heterocycles. The molecule has 0 saturated heterocycles. The van der Waals surface area contributed by atoms with Crippen LogP contribution in [0.5, 0.6) is 0 Å². The van der Waals surface area contributed by atoms with Crippen LogP contribution in [-0.4, -0.2) is 31.0 Å². The van der Waals surface area contributed by atoms with Crippen molar-refractivity contribution in [1.82, 2.24) is 4.57 Å². The lowest BCUT2D eigenvalue weighted by Crippen LogP contribution is -2.30. The van der Waals surface area contributed by atoms with Crippen molar-refractivity contribution < 1.29 is 22.7 Å². The molecule has 1 unspecified atom stereocenters. The fourth-order valence-corrected chi connectivity index (χ4v) is 3.02. The number of nitrogens with zero attached hydrogens (tertiary/aromatic N) is 1. The predicted octanol–water partition coefficient (Wildman–Crippen LogP) is 0.831. The van der Waals surface area contributed by atoms with Crippen molar-refractivity contribution in [3.63, 3.8) is 0 Å². The fourth-order valence-electron chi connectivity index (χ4n) is 2.50. The number of esters is 1. The maximum Gasteiger partial charge on any atom is 0.340 e. The van der Waals surface area contributed by atoms with Gasteiger partial charge in [-0.25, -0.2) is 18.4 Å².